The first-order chi connectivity index (χ1) is 9.26. The average molecular weight is 270 g/mol. The first-order valence-electron chi connectivity index (χ1n) is 6.97. The highest BCUT2D eigenvalue weighted by Crippen LogP contribution is 2.31. The third-order valence-electron chi connectivity index (χ3n) is 3.38. The third kappa shape index (κ3) is 3.55. The minimum atomic E-state index is -0.761. The molecule has 19 heavy (non-hydrogen) atoms. The van der Waals surface area contributed by atoms with Crippen LogP contribution in [-0.4, -0.2) is 37.9 Å². The summed E-state index contributed by atoms with van der Waals surface area (Å²) in [5.41, 5.74) is 0. The zero-order chi connectivity index (χ0) is 13.7. The Morgan fingerprint density at radius 1 is 1.26 bits per heavy atom. The molecule has 2 rings (SSSR count). The van der Waals surface area contributed by atoms with E-state index >= 15 is 0 Å². The van der Waals surface area contributed by atoms with E-state index in [4.69, 9.17) is 18.9 Å². The van der Waals surface area contributed by atoms with Crippen LogP contribution in [-0.2, 0) is 23.7 Å². The second-order valence-electron chi connectivity index (χ2n) is 4.86. The molecule has 0 bridgehead atoms. The van der Waals surface area contributed by atoms with E-state index in [1.165, 1.54) is 26.4 Å². The van der Waals surface area contributed by atoms with Gasteiger partial charge in [-0.25, -0.2) is 4.79 Å². The number of carbonyl (C=O) groups is 1. The Labute approximate surface area is 113 Å². The topological polar surface area (TPSA) is 54.0 Å². The minimum absolute atomic E-state index is 0.358. The molecule has 4 atom stereocenters. The normalized spacial score (nSPS) is 33.9. The van der Waals surface area contributed by atoms with Gasteiger partial charge in [-0.1, -0.05) is 32.3 Å². The number of ether oxygens (including phenoxy) is 4. The maximum atomic E-state index is 11.6. The molecule has 0 aromatic rings. The Hall–Kier alpha value is -0.910. The van der Waals surface area contributed by atoms with Crippen molar-refractivity contribution in [3.8, 4) is 0 Å². The molecule has 0 aliphatic carbocycles. The summed E-state index contributed by atoms with van der Waals surface area (Å²) in [6.07, 6.45) is 8.46. The number of hydrogen-bond donors (Lipinski definition) is 0. The maximum absolute atomic E-state index is 11.6. The van der Waals surface area contributed by atoms with Crippen molar-refractivity contribution in [2.45, 2.75) is 63.8 Å². The fraction of sp³-hybridized carbons (Fsp3) is 0.786. The first-order valence-corrected chi connectivity index (χ1v) is 6.97. The van der Waals surface area contributed by atoms with Gasteiger partial charge in [-0.15, -0.1) is 0 Å². The van der Waals surface area contributed by atoms with Gasteiger partial charge in [0.1, 0.15) is 12.2 Å². The van der Waals surface area contributed by atoms with Crippen molar-refractivity contribution in [1.29, 1.82) is 0 Å². The van der Waals surface area contributed by atoms with Gasteiger partial charge in [0.2, 0.25) is 0 Å². The molecule has 0 amide bonds. The summed E-state index contributed by atoms with van der Waals surface area (Å²) >= 11 is 0. The number of rotatable bonds is 7. The SMILES string of the molecule is CCCCCC/C=C\[C@@H]1OC(=O)[C@H]2O[C@@H](OC)O[C@@H]12. The predicted octanol–water partition coefficient (Wildman–Crippen LogP) is 2.15. The number of hydrogen-bond acceptors (Lipinski definition) is 5. The van der Waals surface area contributed by atoms with Crippen LogP contribution in [0.1, 0.15) is 39.0 Å². The minimum Gasteiger partial charge on any atom is -0.453 e. The second kappa shape index (κ2) is 7.03. The summed E-state index contributed by atoms with van der Waals surface area (Å²) in [6, 6.07) is 0. The van der Waals surface area contributed by atoms with Crippen molar-refractivity contribution in [3.05, 3.63) is 12.2 Å². The molecule has 2 heterocycles. The molecule has 5 heteroatoms. The van der Waals surface area contributed by atoms with E-state index in [0.29, 0.717) is 0 Å². The molecule has 2 fully saturated rings. The van der Waals surface area contributed by atoms with Crippen LogP contribution in [0.15, 0.2) is 12.2 Å². The number of fused-ring (bicyclic) bond motifs is 1. The molecular formula is C14H22O5. The van der Waals surface area contributed by atoms with Gasteiger partial charge in [0, 0.05) is 7.11 Å². The number of cyclic esters (lactones) is 1. The van der Waals surface area contributed by atoms with Gasteiger partial charge < -0.3 is 18.9 Å². The highest BCUT2D eigenvalue weighted by Gasteiger charge is 2.52. The third-order valence-corrected chi connectivity index (χ3v) is 3.38. The molecule has 2 aliphatic rings. The van der Waals surface area contributed by atoms with E-state index in [0.717, 1.165) is 12.8 Å². The fourth-order valence-electron chi connectivity index (χ4n) is 2.32. The van der Waals surface area contributed by atoms with Crippen molar-refractivity contribution in [1.82, 2.24) is 0 Å². The lowest BCUT2D eigenvalue weighted by Crippen LogP contribution is -2.27. The first kappa shape index (κ1) is 14.5. The van der Waals surface area contributed by atoms with Gasteiger partial charge >= 0.3 is 5.97 Å². The smallest absolute Gasteiger partial charge is 0.339 e. The molecule has 2 aliphatic heterocycles. The van der Waals surface area contributed by atoms with Crippen LogP contribution >= 0.6 is 0 Å². The zero-order valence-electron chi connectivity index (χ0n) is 11.5. The monoisotopic (exact) mass is 270 g/mol. The Kier molecular flexibility index (Phi) is 5.36. The van der Waals surface area contributed by atoms with Gasteiger partial charge in [-0.2, -0.15) is 0 Å². The van der Waals surface area contributed by atoms with Crippen LogP contribution in [0.25, 0.3) is 0 Å². The Bertz CT molecular complexity index is 328. The van der Waals surface area contributed by atoms with Crippen molar-refractivity contribution >= 4 is 5.97 Å². The van der Waals surface area contributed by atoms with Crippen LogP contribution < -0.4 is 0 Å². The number of esters is 1. The van der Waals surface area contributed by atoms with Gasteiger partial charge in [-0.3, -0.25) is 0 Å². The number of unbranched alkanes of at least 4 members (excludes halogenated alkanes) is 4. The van der Waals surface area contributed by atoms with Crippen molar-refractivity contribution < 1.29 is 23.7 Å². The molecule has 0 unspecified atom stereocenters. The summed E-state index contributed by atoms with van der Waals surface area (Å²) in [7, 11) is 1.48. The van der Waals surface area contributed by atoms with E-state index < -0.39 is 12.6 Å². The van der Waals surface area contributed by atoms with Crippen LogP contribution in [0.3, 0.4) is 0 Å². The van der Waals surface area contributed by atoms with Crippen LogP contribution in [0.5, 0.6) is 0 Å². The zero-order valence-corrected chi connectivity index (χ0v) is 11.5. The van der Waals surface area contributed by atoms with E-state index in [2.05, 4.69) is 13.0 Å². The number of methoxy groups -OCH3 is 1. The molecule has 5 nitrogen and oxygen atoms in total. The molecule has 0 saturated carbocycles. The summed E-state index contributed by atoms with van der Waals surface area (Å²) in [4.78, 5) is 11.6. The second-order valence-corrected chi connectivity index (χ2v) is 4.86. The van der Waals surface area contributed by atoms with E-state index in [-0.39, 0.29) is 18.2 Å². The largest absolute Gasteiger partial charge is 0.453 e. The molecule has 0 radical (unpaired) electrons. The van der Waals surface area contributed by atoms with Gasteiger partial charge in [0.15, 0.2) is 6.10 Å². The fourth-order valence-corrected chi connectivity index (χ4v) is 2.32. The molecule has 108 valence electrons. The molecule has 0 aromatic carbocycles. The van der Waals surface area contributed by atoms with Crippen molar-refractivity contribution in [3.63, 3.8) is 0 Å². The van der Waals surface area contributed by atoms with Crippen molar-refractivity contribution in [2.75, 3.05) is 7.11 Å². The summed E-state index contributed by atoms with van der Waals surface area (Å²) in [5.74, 6) is -0.370. The average Bonchev–Trinajstić information content (AvgIpc) is 2.95. The Morgan fingerprint density at radius 2 is 2.11 bits per heavy atom. The summed E-state index contributed by atoms with van der Waals surface area (Å²) < 4.78 is 20.9. The Morgan fingerprint density at radius 3 is 2.84 bits per heavy atom. The van der Waals surface area contributed by atoms with Crippen LogP contribution in [0, 0.1) is 0 Å². The summed E-state index contributed by atoms with van der Waals surface area (Å²) in [5, 5.41) is 0. The van der Waals surface area contributed by atoms with Crippen LogP contribution in [0.2, 0.25) is 0 Å². The standard InChI is InChI=1S/C14H22O5/c1-3-4-5-6-7-8-9-10-11-12(13(15)17-10)19-14(16-2)18-11/h8-12,14H,3-7H2,1-2H3/b9-8-/t10-,11-,12-,14-/m0/s1. The molecule has 0 N–H and O–H groups in total. The number of carbonyl (C=O) groups excluding carboxylic acids is 1. The van der Waals surface area contributed by atoms with E-state index in [1.54, 1.807) is 0 Å². The Balaban J connectivity index is 1.78. The molecule has 0 spiro atoms. The van der Waals surface area contributed by atoms with E-state index in [9.17, 15) is 4.79 Å². The van der Waals surface area contributed by atoms with Gasteiger partial charge in [0.05, 0.1) is 0 Å². The molecule has 0 aromatic heterocycles. The lowest BCUT2D eigenvalue weighted by molar-refractivity contribution is -0.240. The lowest BCUT2D eigenvalue weighted by Gasteiger charge is -2.13. The lowest BCUT2D eigenvalue weighted by atomic mass is 10.1. The van der Waals surface area contributed by atoms with Gasteiger partial charge in [0.25, 0.3) is 6.48 Å². The maximum Gasteiger partial charge on any atom is 0.339 e. The highest BCUT2D eigenvalue weighted by molar-refractivity contribution is 5.78. The number of allylic oxidation sites excluding steroid dienone is 1. The van der Waals surface area contributed by atoms with Crippen molar-refractivity contribution in [2.24, 2.45) is 0 Å². The van der Waals surface area contributed by atoms with Crippen LogP contribution in [0.4, 0.5) is 0 Å². The highest BCUT2D eigenvalue weighted by atomic mass is 16.9. The predicted molar refractivity (Wildman–Crippen MR) is 68.3 cm³/mol. The summed E-state index contributed by atoms with van der Waals surface area (Å²) in [6.45, 7) is 1.43. The van der Waals surface area contributed by atoms with E-state index in [1.807, 2.05) is 6.08 Å². The quantitative estimate of drug-likeness (QED) is 0.403. The molecule has 2 saturated heterocycles. The molecular weight excluding hydrogens is 248 g/mol. The van der Waals surface area contributed by atoms with Gasteiger partial charge in [-0.05, 0) is 18.9 Å².